The number of esters is 1. The molecule has 0 radical (unpaired) electrons. The Morgan fingerprint density at radius 1 is 0.917 bits per heavy atom. The molecule has 3 aromatic carbocycles. The summed E-state index contributed by atoms with van der Waals surface area (Å²) in [5.41, 5.74) is 2.83. The minimum Gasteiger partial charge on any atom is -0.497 e. The zero-order valence-electron chi connectivity index (χ0n) is 20.0. The molecule has 1 aliphatic rings. The number of aryl methyl sites for hydroxylation is 1. The molecule has 1 heterocycles. The average Bonchev–Trinajstić information content (AvgIpc) is 2.90. The fourth-order valence-electron chi connectivity index (χ4n) is 4.07. The van der Waals surface area contributed by atoms with Gasteiger partial charge in [0.25, 0.3) is 0 Å². The molecule has 0 aromatic heterocycles. The third-order valence-electron chi connectivity index (χ3n) is 5.89. The molecule has 0 fully saturated rings. The number of carbonyl (C=O) groups is 2. The molecule has 4 rings (SSSR count). The first-order valence-electron chi connectivity index (χ1n) is 11.5. The molecule has 36 heavy (non-hydrogen) atoms. The van der Waals surface area contributed by atoms with E-state index in [1.165, 1.54) is 19.2 Å². The van der Waals surface area contributed by atoms with Crippen molar-refractivity contribution >= 4 is 12.0 Å². The van der Waals surface area contributed by atoms with Crippen molar-refractivity contribution in [2.75, 3.05) is 14.2 Å². The molecule has 3 aromatic rings. The Balaban J connectivity index is 1.67. The zero-order chi connectivity index (χ0) is 25.5. The maximum Gasteiger partial charge on any atom is 0.338 e. The molecular weight excluding hydrogens is 463 g/mol. The predicted molar refractivity (Wildman–Crippen MR) is 132 cm³/mol. The third kappa shape index (κ3) is 5.83. The van der Waals surface area contributed by atoms with Gasteiger partial charge in [-0.25, -0.2) is 14.0 Å². The molecule has 1 atom stereocenters. The van der Waals surface area contributed by atoms with E-state index in [2.05, 4.69) is 10.6 Å². The number of halogens is 1. The van der Waals surface area contributed by atoms with Gasteiger partial charge in [-0.1, -0.05) is 48.5 Å². The van der Waals surface area contributed by atoms with Gasteiger partial charge in [0.05, 0.1) is 25.8 Å². The molecule has 0 spiro atoms. The number of nitrogens with one attached hydrogen (secondary N) is 2. The van der Waals surface area contributed by atoms with Crippen LogP contribution in [0.25, 0.3) is 0 Å². The van der Waals surface area contributed by atoms with Gasteiger partial charge in [-0.3, -0.25) is 0 Å². The lowest BCUT2D eigenvalue weighted by molar-refractivity contribution is -0.140. The summed E-state index contributed by atoms with van der Waals surface area (Å²) in [6.07, 6.45) is 0.886. The van der Waals surface area contributed by atoms with E-state index in [9.17, 15) is 14.0 Å². The lowest BCUT2D eigenvalue weighted by atomic mass is 9.93. The van der Waals surface area contributed by atoms with Crippen molar-refractivity contribution in [1.29, 1.82) is 0 Å². The van der Waals surface area contributed by atoms with Gasteiger partial charge in [0.1, 0.15) is 12.4 Å². The molecule has 1 unspecified atom stereocenters. The van der Waals surface area contributed by atoms with E-state index in [4.69, 9.17) is 14.2 Å². The van der Waals surface area contributed by atoms with Crippen LogP contribution in [0.1, 0.15) is 29.2 Å². The number of hydrogen-bond donors (Lipinski definition) is 2. The van der Waals surface area contributed by atoms with Crippen LogP contribution >= 0.6 is 0 Å². The van der Waals surface area contributed by atoms with E-state index in [0.717, 1.165) is 11.1 Å². The van der Waals surface area contributed by atoms with Crippen molar-refractivity contribution in [2.24, 2.45) is 0 Å². The van der Waals surface area contributed by atoms with Crippen molar-refractivity contribution in [1.82, 2.24) is 10.6 Å². The Kier molecular flexibility index (Phi) is 7.85. The second kappa shape index (κ2) is 11.4. The highest BCUT2D eigenvalue weighted by atomic mass is 19.1. The lowest BCUT2D eigenvalue weighted by Gasteiger charge is -2.29. The van der Waals surface area contributed by atoms with E-state index in [-0.39, 0.29) is 17.9 Å². The highest BCUT2D eigenvalue weighted by Crippen LogP contribution is 2.32. The summed E-state index contributed by atoms with van der Waals surface area (Å²) in [7, 11) is 2.96. The van der Waals surface area contributed by atoms with Gasteiger partial charge in [-0.05, 0) is 53.8 Å². The SMILES string of the molecule is COc1cccc(CCC2=C(C(=O)OCc3ccccc3)C(c3ccc(OC)c(F)c3)NC(=O)N2)c1. The summed E-state index contributed by atoms with van der Waals surface area (Å²) in [4.78, 5) is 26.0. The van der Waals surface area contributed by atoms with Crippen molar-refractivity contribution in [3.05, 3.63) is 107 Å². The first kappa shape index (κ1) is 24.8. The number of methoxy groups -OCH3 is 2. The average molecular weight is 491 g/mol. The van der Waals surface area contributed by atoms with Gasteiger partial charge in [-0.15, -0.1) is 0 Å². The van der Waals surface area contributed by atoms with Crippen LogP contribution in [0.5, 0.6) is 11.5 Å². The van der Waals surface area contributed by atoms with Crippen LogP contribution in [0.3, 0.4) is 0 Å². The fourth-order valence-corrected chi connectivity index (χ4v) is 4.07. The van der Waals surface area contributed by atoms with E-state index in [1.54, 1.807) is 13.2 Å². The van der Waals surface area contributed by atoms with Crippen molar-refractivity contribution in [3.8, 4) is 11.5 Å². The van der Waals surface area contributed by atoms with Gasteiger partial charge in [0.2, 0.25) is 0 Å². The number of allylic oxidation sites excluding steroid dienone is 1. The molecule has 1 aliphatic heterocycles. The Bertz CT molecular complexity index is 1280. The van der Waals surface area contributed by atoms with Gasteiger partial charge >= 0.3 is 12.0 Å². The number of benzene rings is 3. The molecule has 186 valence electrons. The van der Waals surface area contributed by atoms with Crippen LogP contribution in [0.4, 0.5) is 9.18 Å². The highest BCUT2D eigenvalue weighted by Gasteiger charge is 2.34. The van der Waals surface area contributed by atoms with E-state index < -0.39 is 23.9 Å². The van der Waals surface area contributed by atoms with Crippen LogP contribution in [-0.2, 0) is 22.6 Å². The minimum atomic E-state index is -0.900. The molecule has 2 amide bonds. The van der Waals surface area contributed by atoms with E-state index >= 15 is 0 Å². The van der Waals surface area contributed by atoms with Crippen LogP contribution in [0, 0.1) is 5.82 Å². The number of amides is 2. The summed E-state index contributed by atoms with van der Waals surface area (Å²) in [5.74, 6) is -0.426. The molecule has 0 bridgehead atoms. The number of carbonyl (C=O) groups excluding carboxylic acids is 2. The van der Waals surface area contributed by atoms with Crippen LogP contribution in [0.15, 0.2) is 84.1 Å². The monoisotopic (exact) mass is 490 g/mol. The number of ether oxygens (including phenoxy) is 3. The lowest BCUT2D eigenvalue weighted by Crippen LogP contribution is -2.46. The first-order valence-corrected chi connectivity index (χ1v) is 11.5. The normalized spacial score (nSPS) is 15.1. The maximum absolute atomic E-state index is 14.5. The summed E-state index contributed by atoms with van der Waals surface area (Å²) in [6, 6.07) is 19.8. The number of urea groups is 1. The van der Waals surface area contributed by atoms with Gasteiger partial charge in [-0.2, -0.15) is 0 Å². The van der Waals surface area contributed by atoms with Crippen LogP contribution in [0.2, 0.25) is 0 Å². The largest absolute Gasteiger partial charge is 0.497 e. The molecule has 0 saturated carbocycles. The standard InChI is InChI=1S/C28H27FN2O5/c1-34-21-10-6-9-18(15-21)11-13-23-25(27(32)36-17-19-7-4-3-5-8-19)26(31-28(33)30-23)20-12-14-24(35-2)22(29)16-20/h3-10,12,14-16,26H,11,13,17H2,1-2H3,(H2,30,31,33). The smallest absolute Gasteiger partial charge is 0.338 e. The highest BCUT2D eigenvalue weighted by molar-refractivity contribution is 5.95. The molecule has 2 N–H and O–H groups in total. The topological polar surface area (TPSA) is 85.9 Å². The van der Waals surface area contributed by atoms with E-state index in [0.29, 0.717) is 29.9 Å². The minimum absolute atomic E-state index is 0.0595. The van der Waals surface area contributed by atoms with E-state index in [1.807, 2.05) is 54.6 Å². The zero-order valence-corrected chi connectivity index (χ0v) is 20.0. The Hall–Kier alpha value is -4.33. The van der Waals surface area contributed by atoms with Crippen LogP contribution < -0.4 is 20.1 Å². The summed E-state index contributed by atoms with van der Waals surface area (Å²) in [6.45, 7) is 0.0595. The molecule has 7 nitrogen and oxygen atoms in total. The number of rotatable bonds is 9. The molecular formula is C28H27FN2O5. The Labute approximate surface area is 208 Å². The maximum atomic E-state index is 14.5. The second-order valence-corrected chi connectivity index (χ2v) is 8.23. The quantitative estimate of drug-likeness (QED) is 0.420. The second-order valence-electron chi connectivity index (χ2n) is 8.23. The van der Waals surface area contributed by atoms with Crippen molar-refractivity contribution in [2.45, 2.75) is 25.5 Å². The summed E-state index contributed by atoms with van der Waals surface area (Å²) >= 11 is 0. The Morgan fingerprint density at radius 3 is 2.42 bits per heavy atom. The Morgan fingerprint density at radius 2 is 1.69 bits per heavy atom. The number of hydrogen-bond acceptors (Lipinski definition) is 5. The predicted octanol–water partition coefficient (Wildman–Crippen LogP) is 4.83. The molecule has 0 aliphatic carbocycles. The summed E-state index contributed by atoms with van der Waals surface area (Å²) in [5, 5.41) is 5.50. The third-order valence-corrected chi connectivity index (χ3v) is 5.89. The van der Waals surface area contributed by atoms with Crippen molar-refractivity contribution in [3.63, 3.8) is 0 Å². The molecule has 8 heteroatoms. The van der Waals surface area contributed by atoms with Gasteiger partial charge in [0, 0.05) is 5.70 Å². The van der Waals surface area contributed by atoms with Crippen LogP contribution in [-0.4, -0.2) is 26.2 Å². The fraction of sp³-hybridized carbons (Fsp3) is 0.214. The van der Waals surface area contributed by atoms with Gasteiger partial charge in [0.15, 0.2) is 11.6 Å². The van der Waals surface area contributed by atoms with Crippen molar-refractivity contribution < 1.29 is 28.2 Å². The first-order chi connectivity index (χ1) is 17.5. The van der Waals surface area contributed by atoms with Gasteiger partial charge < -0.3 is 24.8 Å². The summed E-state index contributed by atoms with van der Waals surface area (Å²) < 4.78 is 30.5. The molecule has 0 saturated heterocycles.